The molecule has 96 valence electrons. The van der Waals surface area contributed by atoms with Gasteiger partial charge in [-0.1, -0.05) is 6.07 Å². The molecule has 2 aromatic heterocycles. The zero-order valence-electron chi connectivity index (χ0n) is 10.9. The number of hydrogen-bond acceptors (Lipinski definition) is 4. The van der Waals surface area contributed by atoms with Crippen molar-refractivity contribution in [2.75, 3.05) is 7.05 Å². The minimum atomic E-state index is 0.476. The van der Waals surface area contributed by atoms with Crippen LogP contribution in [0.2, 0.25) is 0 Å². The molecule has 2 heterocycles. The fraction of sp³-hybridized carbons (Fsp3) is 0.357. The second kappa shape index (κ2) is 5.80. The summed E-state index contributed by atoms with van der Waals surface area (Å²) in [5.74, 6) is 1.93. The molecule has 18 heavy (non-hydrogen) atoms. The molecule has 0 bridgehead atoms. The van der Waals surface area contributed by atoms with E-state index < -0.39 is 0 Å². The molecule has 0 unspecified atom stereocenters. The molecule has 0 fully saturated rings. The first-order valence-electron chi connectivity index (χ1n) is 6.05. The lowest BCUT2D eigenvalue weighted by Crippen LogP contribution is -2.19. The zero-order valence-corrected chi connectivity index (χ0v) is 10.9. The van der Waals surface area contributed by atoms with Gasteiger partial charge >= 0.3 is 0 Å². The molecule has 0 saturated heterocycles. The molecule has 0 aromatic carbocycles. The monoisotopic (exact) mass is 245 g/mol. The fourth-order valence-corrected chi connectivity index (χ4v) is 1.98. The van der Waals surface area contributed by atoms with Gasteiger partial charge in [-0.25, -0.2) is 0 Å². The second-order valence-electron chi connectivity index (χ2n) is 4.50. The van der Waals surface area contributed by atoms with E-state index >= 15 is 0 Å². The fourth-order valence-electron chi connectivity index (χ4n) is 1.98. The lowest BCUT2D eigenvalue weighted by Gasteiger charge is -2.16. The van der Waals surface area contributed by atoms with Crippen LogP contribution in [0.4, 0.5) is 0 Å². The number of rotatable bonds is 5. The summed E-state index contributed by atoms with van der Waals surface area (Å²) in [6, 6.07) is 8.01. The molecule has 0 aliphatic heterocycles. The van der Waals surface area contributed by atoms with Crippen LogP contribution in [0.5, 0.6) is 0 Å². The molecule has 0 atom stereocenters. The molecule has 4 heteroatoms. The lowest BCUT2D eigenvalue weighted by molar-refractivity contribution is 0.284. The standard InChI is InChI=1S/C14H19N3O/c1-11-5-6-13(18-11)10-17(2)9-12-4-3-7-16-14(12)8-15/h3-7H,8-10,15H2,1-2H3. The summed E-state index contributed by atoms with van der Waals surface area (Å²) in [7, 11) is 2.06. The van der Waals surface area contributed by atoms with E-state index in [2.05, 4.69) is 23.0 Å². The van der Waals surface area contributed by atoms with Crippen LogP contribution < -0.4 is 5.73 Å². The third kappa shape index (κ3) is 3.18. The minimum Gasteiger partial charge on any atom is -0.465 e. The Labute approximate surface area is 107 Å². The van der Waals surface area contributed by atoms with Gasteiger partial charge < -0.3 is 10.2 Å². The molecular weight excluding hydrogens is 226 g/mol. The molecule has 0 amide bonds. The maximum Gasteiger partial charge on any atom is 0.118 e. The summed E-state index contributed by atoms with van der Waals surface area (Å²) in [5, 5.41) is 0. The summed E-state index contributed by atoms with van der Waals surface area (Å²) >= 11 is 0. The number of nitrogens with two attached hydrogens (primary N) is 1. The average molecular weight is 245 g/mol. The Hall–Kier alpha value is -1.65. The van der Waals surface area contributed by atoms with Crippen LogP contribution in [0.3, 0.4) is 0 Å². The van der Waals surface area contributed by atoms with Crippen LogP contribution in [0.25, 0.3) is 0 Å². The first-order valence-corrected chi connectivity index (χ1v) is 6.05. The maximum absolute atomic E-state index is 5.68. The van der Waals surface area contributed by atoms with Crippen LogP contribution in [-0.4, -0.2) is 16.9 Å². The van der Waals surface area contributed by atoms with E-state index in [9.17, 15) is 0 Å². The normalized spacial score (nSPS) is 11.1. The molecule has 2 aromatic rings. The van der Waals surface area contributed by atoms with Crippen LogP contribution in [-0.2, 0) is 19.6 Å². The topological polar surface area (TPSA) is 55.3 Å². The third-order valence-electron chi connectivity index (χ3n) is 2.84. The summed E-state index contributed by atoms with van der Waals surface area (Å²) in [6.45, 7) is 4.04. The number of pyridine rings is 1. The van der Waals surface area contributed by atoms with E-state index in [1.165, 1.54) is 5.56 Å². The van der Waals surface area contributed by atoms with Gasteiger partial charge in [-0.2, -0.15) is 0 Å². The first-order chi connectivity index (χ1) is 8.69. The lowest BCUT2D eigenvalue weighted by atomic mass is 10.2. The Kier molecular flexibility index (Phi) is 4.12. The molecule has 0 aliphatic rings. The van der Waals surface area contributed by atoms with E-state index in [1.807, 2.05) is 25.1 Å². The third-order valence-corrected chi connectivity index (χ3v) is 2.84. The van der Waals surface area contributed by atoms with Gasteiger partial charge in [0.15, 0.2) is 0 Å². The Morgan fingerprint density at radius 3 is 2.78 bits per heavy atom. The van der Waals surface area contributed by atoms with Crippen LogP contribution in [0.15, 0.2) is 34.9 Å². The van der Waals surface area contributed by atoms with Gasteiger partial charge in [-0.3, -0.25) is 9.88 Å². The van der Waals surface area contributed by atoms with E-state index in [4.69, 9.17) is 10.2 Å². The maximum atomic E-state index is 5.68. The van der Waals surface area contributed by atoms with E-state index in [0.717, 1.165) is 30.3 Å². The Balaban J connectivity index is 2.00. The minimum absolute atomic E-state index is 0.476. The van der Waals surface area contributed by atoms with Gasteiger partial charge in [0.05, 0.1) is 12.2 Å². The predicted octanol–water partition coefficient (Wildman–Crippen LogP) is 2.07. The molecule has 0 aliphatic carbocycles. The molecule has 0 radical (unpaired) electrons. The van der Waals surface area contributed by atoms with Crippen molar-refractivity contribution < 1.29 is 4.42 Å². The van der Waals surface area contributed by atoms with Gasteiger partial charge in [-0.05, 0) is 37.7 Å². The molecule has 2 rings (SSSR count). The van der Waals surface area contributed by atoms with Crippen LogP contribution in [0.1, 0.15) is 22.8 Å². The van der Waals surface area contributed by atoms with Gasteiger partial charge in [-0.15, -0.1) is 0 Å². The second-order valence-corrected chi connectivity index (χ2v) is 4.50. The SMILES string of the molecule is Cc1ccc(CN(C)Cc2cccnc2CN)o1. The summed E-state index contributed by atoms with van der Waals surface area (Å²) in [4.78, 5) is 6.48. The Morgan fingerprint density at radius 1 is 1.28 bits per heavy atom. The van der Waals surface area contributed by atoms with Crippen LogP contribution >= 0.6 is 0 Å². The summed E-state index contributed by atoms with van der Waals surface area (Å²) in [6.07, 6.45) is 1.78. The highest BCUT2D eigenvalue weighted by atomic mass is 16.3. The van der Waals surface area contributed by atoms with Crippen molar-refractivity contribution in [3.63, 3.8) is 0 Å². The van der Waals surface area contributed by atoms with Crippen molar-refractivity contribution in [1.29, 1.82) is 0 Å². The van der Waals surface area contributed by atoms with Crippen LogP contribution in [0, 0.1) is 6.92 Å². The Bertz CT molecular complexity index is 507. The molecule has 2 N–H and O–H groups in total. The van der Waals surface area contributed by atoms with Crippen molar-refractivity contribution in [3.05, 3.63) is 53.2 Å². The number of aryl methyl sites for hydroxylation is 1. The predicted molar refractivity (Wildman–Crippen MR) is 70.7 cm³/mol. The molecule has 4 nitrogen and oxygen atoms in total. The molecule has 0 saturated carbocycles. The number of aromatic nitrogens is 1. The highest BCUT2D eigenvalue weighted by Crippen LogP contribution is 2.12. The van der Waals surface area contributed by atoms with Crippen molar-refractivity contribution in [2.45, 2.75) is 26.6 Å². The van der Waals surface area contributed by atoms with Crippen molar-refractivity contribution in [3.8, 4) is 0 Å². The van der Waals surface area contributed by atoms with Gasteiger partial charge in [0, 0.05) is 19.3 Å². The van der Waals surface area contributed by atoms with E-state index in [-0.39, 0.29) is 0 Å². The summed E-state index contributed by atoms with van der Waals surface area (Å²) in [5.41, 5.74) is 7.81. The smallest absolute Gasteiger partial charge is 0.118 e. The van der Waals surface area contributed by atoms with E-state index in [0.29, 0.717) is 6.54 Å². The average Bonchev–Trinajstić information content (AvgIpc) is 2.75. The van der Waals surface area contributed by atoms with Crippen molar-refractivity contribution in [1.82, 2.24) is 9.88 Å². The molecular formula is C14H19N3O. The first kappa shape index (κ1) is 12.8. The Morgan fingerprint density at radius 2 is 2.11 bits per heavy atom. The van der Waals surface area contributed by atoms with Gasteiger partial charge in [0.25, 0.3) is 0 Å². The molecule has 0 spiro atoms. The number of hydrogen-bond donors (Lipinski definition) is 1. The van der Waals surface area contributed by atoms with Crippen molar-refractivity contribution >= 4 is 0 Å². The van der Waals surface area contributed by atoms with Gasteiger partial charge in [0.1, 0.15) is 11.5 Å². The highest BCUT2D eigenvalue weighted by molar-refractivity contribution is 5.19. The largest absolute Gasteiger partial charge is 0.465 e. The number of nitrogens with zero attached hydrogens (tertiary/aromatic N) is 2. The highest BCUT2D eigenvalue weighted by Gasteiger charge is 2.07. The zero-order chi connectivity index (χ0) is 13.0. The number of furan rings is 1. The van der Waals surface area contributed by atoms with Crippen molar-refractivity contribution in [2.24, 2.45) is 5.73 Å². The quantitative estimate of drug-likeness (QED) is 0.876. The van der Waals surface area contributed by atoms with Gasteiger partial charge in [0.2, 0.25) is 0 Å². The summed E-state index contributed by atoms with van der Waals surface area (Å²) < 4.78 is 5.57. The van der Waals surface area contributed by atoms with E-state index in [1.54, 1.807) is 6.20 Å².